The van der Waals surface area contributed by atoms with Gasteiger partial charge in [0.25, 0.3) is 0 Å². The molecule has 3 aliphatic rings. The number of ketones is 1. The van der Waals surface area contributed by atoms with E-state index in [4.69, 9.17) is 9.47 Å². The molecule has 1 unspecified atom stereocenters. The highest BCUT2D eigenvalue weighted by Gasteiger charge is 2.43. The Balaban J connectivity index is 1.70. The highest BCUT2D eigenvalue weighted by Crippen LogP contribution is 2.43. The van der Waals surface area contributed by atoms with Crippen molar-refractivity contribution < 1.29 is 19.1 Å². The molecule has 1 aliphatic carbocycles. The first-order chi connectivity index (χ1) is 13.5. The van der Waals surface area contributed by atoms with Gasteiger partial charge in [-0.15, -0.1) is 0 Å². The van der Waals surface area contributed by atoms with Crippen LogP contribution in [-0.4, -0.2) is 36.8 Å². The molecule has 0 spiro atoms. The zero-order chi connectivity index (χ0) is 19.7. The van der Waals surface area contributed by atoms with Crippen LogP contribution in [0.5, 0.6) is 0 Å². The number of allylic oxidation sites excluding steroid dienone is 1. The molecule has 2 heterocycles. The van der Waals surface area contributed by atoms with Gasteiger partial charge >= 0.3 is 5.97 Å². The van der Waals surface area contributed by atoms with Crippen molar-refractivity contribution in [2.75, 3.05) is 13.2 Å². The summed E-state index contributed by atoms with van der Waals surface area (Å²) in [5.74, 6) is -0.879. The Morgan fingerprint density at radius 3 is 2.82 bits per heavy atom. The second-order valence-electron chi connectivity index (χ2n) is 8.03. The normalized spacial score (nSPS) is 27.4. The summed E-state index contributed by atoms with van der Waals surface area (Å²) in [7, 11) is 0. The average molecular weight is 381 g/mol. The summed E-state index contributed by atoms with van der Waals surface area (Å²) in [6, 6.07) is 8.07. The Hall–Kier alpha value is -2.27. The van der Waals surface area contributed by atoms with Crippen LogP contribution in [0.15, 0.2) is 40.5 Å². The molecule has 0 amide bonds. The fourth-order valence-corrected chi connectivity index (χ4v) is 4.63. The van der Waals surface area contributed by atoms with Crippen LogP contribution >= 0.6 is 0 Å². The van der Waals surface area contributed by atoms with E-state index in [9.17, 15) is 9.59 Å². The van der Waals surface area contributed by atoms with Gasteiger partial charge in [-0.2, -0.15) is 0 Å². The SMILES string of the molecule is CC1=C(C(=O)OC[C@@H]2CCCO2)[C@H](c2cccc(C)c2)C2C(=O)CCCC2=N1. The molecule has 1 saturated carbocycles. The minimum absolute atomic E-state index is 0.0266. The second kappa shape index (κ2) is 8.00. The fourth-order valence-electron chi connectivity index (χ4n) is 4.63. The molecule has 0 bridgehead atoms. The number of benzene rings is 1. The zero-order valence-electron chi connectivity index (χ0n) is 16.6. The van der Waals surface area contributed by atoms with Crippen LogP contribution in [0.2, 0.25) is 0 Å². The van der Waals surface area contributed by atoms with Gasteiger partial charge in [0.2, 0.25) is 0 Å². The van der Waals surface area contributed by atoms with Crippen molar-refractivity contribution in [2.45, 2.75) is 58.0 Å². The van der Waals surface area contributed by atoms with Crippen LogP contribution in [0.1, 0.15) is 56.1 Å². The van der Waals surface area contributed by atoms with E-state index in [1.807, 2.05) is 32.0 Å². The summed E-state index contributed by atoms with van der Waals surface area (Å²) in [6.45, 7) is 4.86. The molecule has 2 aliphatic heterocycles. The lowest BCUT2D eigenvalue weighted by molar-refractivity contribution is -0.142. The van der Waals surface area contributed by atoms with Gasteiger partial charge in [-0.3, -0.25) is 9.79 Å². The van der Waals surface area contributed by atoms with Crippen LogP contribution < -0.4 is 0 Å². The third kappa shape index (κ3) is 3.68. The largest absolute Gasteiger partial charge is 0.460 e. The lowest BCUT2D eigenvalue weighted by atomic mass is 9.69. The predicted octanol–water partition coefficient (Wildman–Crippen LogP) is 3.90. The van der Waals surface area contributed by atoms with Crippen molar-refractivity contribution in [1.29, 1.82) is 0 Å². The molecular weight excluding hydrogens is 354 g/mol. The van der Waals surface area contributed by atoms with Crippen LogP contribution in [0, 0.1) is 12.8 Å². The summed E-state index contributed by atoms with van der Waals surface area (Å²) >= 11 is 0. The van der Waals surface area contributed by atoms with Gasteiger partial charge in [0.15, 0.2) is 0 Å². The lowest BCUT2D eigenvalue weighted by Crippen LogP contribution is -2.39. The number of aryl methyl sites for hydroxylation is 1. The van der Waals surface area contributed by atoms with E-state index in [0.717, 1.165) is 49.1 Å². The van der Waals surface area contributed by atoms with E-state index in [2.05, 4.69) is 11.1 Å². The van der Waals surface area contributed by atoms with E-state index >= 15 is 0 Å². The summed E-state index contributed by atoms with van der Waals surface area (Å²) in [6.07, 6.45) is 4.08. The highest BCUT2D eigenvalue weighted by molar-refractivity contribution is 6.11. The summed E-state index contributed by atoms with van der Waals surface area (Å²) < 4.78 is 11.2. The standard InChI is InChI=1S/C23H27NO4/c1-14-6-3-7-16(12-14)21-20(23(26)28-13-17-8-5-11-27-17)15(2)24-18-9-4-10-19(25)22(18)21/h3,6-7,12,17,21-22H,4-5,8-11,13H2,1-2H3/t17-,21-,22?/m0/s1. The van der Waals surface area contributed by atoms with E-state index in [1.165, 1.54) is 0 Å². The number of ether oxygens (including phenoxy) is 2. The van der Waals surface area contributed by atoms with Crippen molar-refractivity contribution in [3.8, 4) is 0 Å². The molecule has 5 heteroatoms. The molecule has 0 N–H and O–H groups in total. The zero-order valence-corrected chi connectivity index (χ0v) is 16.6. The molecule has 3 atom stereocenters. The topological polar surface area (TPSA) is 65.0 Å². The van der Waals surface area contributed by atoms with Crippen LogP contribution in [-0.2, 0) is 19.1 Å². The van der Waals surface area contributed by atoms with Crippen LogP contribution in [0.3, 0.4) is 0 Å². The van der Waals surface area contributed by atoms with Gasteiger partial charge in [0, 0.05) is 30.4 Å². The van der Waals surface area contributed by atoms with Gasteiger partial charge in [-0.25, -0.2) is 4.79 Å². The van der Waals surface area contributed by atoms with E-state index in [-0.39, 0.29) is 36.3 Å². The van der Waals surface area contributed by atoms with E-state index < -0.39 is 0 Å². The summed E-state index contributed by atoms with van der Waals surface area (Å²) in [5.41, 5.74) is 4.19. The number of fused-ring (bicyclic) bond motifs is 1. The number of nitrogens with zero attached hydrogens (tertiary/aromatic N) is 1. The fraction of sp³-hybridized carbons (Fsp3) is 0.522. The van der Waals surface area contributed by atoms with E-state index in [0.29, 0.717) is 17.7 Å². The molecule has 1 saturated heterocycles. The Morgan fingerprint density at radius 1 is 1.21 bits per heavy atom. The third-order valence-electron chi connectivity index (χ3n) is 5.95. The molecule has 4 rings (SSSR count). The van der Waals surface area contributed by atoms with Gasteiger partial charge in [-0.1, -0.05) is 29.8 Å². The Morgan fingerprint density at radius 2 is 2.07 bits per heavy atom. The minimum Gasteiger partial charge on any atom is -0.460 e. The Bertz CT molecular complexity index is 848. The summed E-state index contributed by atoms with van der Waals surface area (Å²) in [5, 5.41) is 0. The molecule has 1 aromatic carbocycles. The monoisotopic (exact) mass is 381 g/mol. The van der Waals surface area contributed by atoms with Gasteiger partial charge in [0.05, 0.1) is 17.6 Å². The smallest absolute Gasteiger partial charge is 0.336 e. The van der Waals surface area contributed by atoms with Crippen molar-refractivity contribution in [3.05, 3.63) is 46.7 Å². The van der Waals surface area contributed by atoms with Crippen molar-refractivity contribution >= 4 is 17.5 Å². The molecule has 2 fully saturated rings. The number of esters is 1. The summed E-state index contributed by atoms with van der Waals surface area (Å²) in [4.78, 5) is 30.6. The van der Waals surface area contributed by atoms with Crippen LogP contribution in [0.25, 0.3) is 0 Å². The second-order valence-corrected chi connectivity index (χ2v) is 8.03. The number of hydrogen-bond donors (Lipinski definition) is 0. The first kappa shape index (κ1) is 19.1. The number of hydrogen-bond acceptors (Lipinski definition) is 5. The number of carbonyl (C=O) groups is 2. The van der Waals surface area contributed by atoms with Crippen molar-refractivity contribution in [3.63, 3.8) is 0 Å². The number of Topliss-reactive ketones (excluding diaryl/α,β-unsaturated/α-hetero) is 1. The number of rotatable bonds is 4. The lowest BCUT2D eigenvalue weighted by Gasteiger charge is -2.35. The molecule has 1 aromatic rings. The number of carbonyl (C=O) groups excluding carboxylic acids is 2. The highest BCUT2D eigenvalue weighted by atomic mass is 16.6. The maximum Gasteiger partial charge on any atom is 0.336 e. The molecule has 0 aromatic heterocycles. The van der Waals surface area contributed by atoms with E-state index in [1.54, 1.807) is 0 Å². The predicted molar refractivity (Wildman–Crippen MR) is 106 cm³/mol. The molecule has 28 heavy (non-hydrogen) atoms. The van der Waals surface area contributed by atoms with Crippen molar-refractivity contribution in [2.24, 2.45) is 10.9 Å². The number of aliphatic imine (C=N–C) groups is 1. The molecule has 5 nitrogen and oxygen atoms in total. The third-order valence-corrected chi connectivity index (χ3v) is 5.95. The Labute approximate surface area is 165 Å². The quantitative estimate of drug-likeness (QED) is 0.742. The average Bonchev–Trinajstić information content (AvgIpc) is 3.19. The first-order valence-electron chi connectivity index (χ1n) is 10.2. The maximum atomic E-state index is 13.1. The van der Waals surface area contributed by atoms with Gasteiger partial charge in [-0.05, 0) is 45.1 Å². The molecular formula is C23H27NO4. The van der Waals surface area contributed by atoms with Crippen molar-refractivity contribution in [1.82, 2.24) is 0 Å². The maximum absolute atomic E-state index is 13.1. The molecule has 0 radical (unpaired) electrons. The first-order valence-corrected chi connectivity index (χ1v) is 10.2. The van der Waals surface area contributed by atoms with Crippen LogP contribution in [0.4, 0.5) is 0 Å². The molecule has 148 valence electrons. The van der Waals surface area contributed by atoms with Gasteiger partial charge < -0.3 is 9.47 Å². The minimum atomic E-state index is -0.374. The Kier molecular flexibility index (Phi) is 5.44. The van der Waals surface area contributed by atoms with Gasteiger partial charge in [0.1, 0.15) is 12.4 Å².